The molecule has 2 aromatic carbocycles. The summed E-state index contributed by atoms with van der Waals surface area (Å²) in [6.07, 6.45) is 4.07. The van der Waals surface area contributed by atoms with Gasteiger partial charge in [0.15, 0.2) is 0 Å². The third kappa shape index (κ3) is 6.46. The second-order valence-electron chi connectivity index (χ2n) is 12.1. The first-order chi connectivity index (χ1) is 22.0. The fourth-order valence-electron chi connectivity index (χ4n) is 7.00. The number of hydrogen-bond donors (Lipinski definition) is 0. The van der Waals surface area contributed by atoms with Crippen molar-refractivity contribution in [3.8, 4) is 6.01 Å². The number of amides is 1. The Hall–Kier alpha value is -4.20. The average Bonchev–Trinajstić information content (AvgIpc) is 3.06. The number of anilines is 2. The molecular formula is C35H43N7O3. The summed E-state index contributed by atoms with van der Waals surface area (Å²) in [5.74, 6) is 0.744. The first-order valence-corrected chi connectivity index (χ1v) is 16.1. The lowest BCUT2D eigenvalue weighted by atomic mass is 9.88. The maximum atomic E-state index is 12.6. The van der Waals surface area contributed by atoms with Crippen LogP contribution in [-0.2, 0) is 22.5 Å². The quantitative estimate of drug-likeness (QED) is 0.237. The first kappa shape index (κ1) is 30.8. The van der Waals surface area contributed by atoms with E-state index in [0.717, 1.165) is 62.6 Å². The zero-order valence-electron chi connectivity index (χ0n) is 26.4. The van der Waals surface area contributed by atoms with E-state index in [-0.39, 0.29) is 24.6 Å². The molecule has 1 aromatic heterocycles. The van der Waals surface area contributed by atoms with Gasteiger partial charge in [-0.1, -0.05) is 49.9 Å². The Morgan fingerprint density at radius 3 is 2.73 bits per heavy atom. The third-order valence-electron chi connectivity index (χ3n) is 9.52. The molecule has 1 amide bonds. The van der Waals surface area contributed by atoms with Gasteiger partial charge in [0.25, 0.3) is 0 Å². The Kier molecular flexibility index (Phi) is 9.47. The lowest BCUT2D eigenvalue weighted by Crippen LogP contribution is -2.56. The average molecular weight is 610 g/mol. The van der Waals surface area contributed by atoms with E-state index in [1.54, 1.807) is 12.0 Å². The predicted molar refractivity (Wildman–Crippen MR) is 177 cm³/mol. The summed E-state index contributed by atoms with van der Waals surface area (Å²) in [5.41, 5.74) is 3.31. The summed E-state index contributed by atoms with van der Waals surface area (Å²) >= 11 is 0. The molecule has 0 spiro atoms. The zero-order valence-corrected chi connectivity index (χ0v) is 26.4. The molecule has 3 aromatic rings. The van der Waals surface area contributed by atoms with Gasteiger partial charge in [-0.3, -0.25) is 9.69 Å². The van der Waals surface area contributed by atoms with Crippen molar-refractivity contribution < 1.29 is 14.3 Å². The highest BCUT2D eigenvalue weighted by atomic mass is 16.5. The van der Waals surface area contributed by atoms with Crippen molar-refractivity contribution >= 4 is 28.2 Å². The fourth-order valence-corrected chi connectivity index (χ4v) is 7.00. The molecule has 3 heterocycles. The van der Waals surface area contributed by atoms with Gasteiger partial charge in [0, 0.05) is 75.4 Å². The van der Waals surface area contributed by atoms with Crippen molar-refractivity contribution in [3.05, 3.63) is 77.8 Å². The Morgan fingerprint density at radius 2 is 1.96 bits per heavy atom. The molecule has 2 fully saturated rings. The zero-order chi connectivity index (χ0) is 31.3. The summed E-state index contributed by atoms with van der Waals surface area (Å²) < 4.78 is 11.8. The molecule has 0 radical (unpaired) electrons. The van der Waals surface area contributed by atoms with Crippen LogP contribution < -0.4 is 14.5 Å². The standard InChI is InChI=1S/C35H43N7O3/c1-5-33(43)42-17-16-41(23-27(42)22-36-3)34-30-14-15-40(32-13-9-11-25-10-7-8-12-29(25)32)24-31(30)37-35(38-34)45-28-20-26(21-28)39(6-2)18-19-44-4/h5,7-13,26-28H,1,6,14-24H2,2,4H3/t26?,27-,28?/m0/s1. The second-order valence-corrected chi connectivity index (χ2v) is 12.1. The van der Waals surface area contributed by atoms with Crippen molar-refractivity contribution in [3.63, 3.8) is 0 Å². The number of aromatic nitrogens is 2. The van der Waals surface area contributed by atoms with Gasteiger partial charge in [-0.25, -0.2) is 6.57 Å². The van der Waals surface area contributed by atoms with Crippen LogP contribution >= 0.6 is 0 Å². The number of nitrogens with zero attached hydrogens (tertiary/aromatic N) is 7. The topological polar surface area (TPSA) is 78.6 Å². The van der Waals surface area contributed by atoms with Crippen molar-refractivity contribution in [1.29, 1.82) is 0 Å². The van der Waals surface area contributed by atoms with Crippen LogP contribution in [0.4, 0.5) is 11.5 Å². The van der Waals surface area contributed by atoms with Crippen molar-refractivity contribution in [2.45, 2.75) is 50.9 Å². The lowest BCUT2D eigenvalue weighted by molar-refractivity contribution is -0.128. The molecule has 2 aliphatic heterocycles. The third-order valence-corrected chi connectivity index (χ3v) is 9.52. The van der Waals surface area contributed by atoms with Crippen molar-refractivity contribution in [1.82, 2.24) is 19.8 Å². The molecular weight excluding hydrogens is 566 g/mol. The van der Waals surface area contributed by atoms with Gasteiger partial charge < -0.3 is 29.0 Å². The maximum absolute atomic E-state index is 12.6. The molecule has 1 atom stereocenters. The molecule has 0 N–H and O–H groups in total. The van der Waals surface area contributed by atoms with E-state index >= 15 is 0 Å². The van der Waals surface area contributed by atoms with E-state index in [0.29, 0.717) is 38.2 Å². The van der Waals surface area contributed by atoms with Crippen LogP contribution in [0.25, 0.3) is 15.6 Å². The van der Waals surface area contributed by atoms with Crippen LogP contribution in [0, 0.1) is 6.57 Å². The van der Waals surface area contributed by atoms with Gasteiger partial charge >= 0.3 is 6.01 Å². The van der Waals surface area contributed by atoms with Crippen molar-refractivity contribution in [2.24, 2.45) is 0 Å². The minimum atomic E-state index is -0.230. The second kappa shape index (κ2) is 13.8. The molecule has 45 heavy (non-hydrogen) atoms. The molecule has 3 aliphatic rings. The van der Waals surface area contributed by atoms with Crippen LogP contribution in [0.15, 0.2) is 55.1 Å². The lowest BCUT2D eigenvalue weighted by Gasteiger charge is -2.42. The van der Waals surface area contributed by atoms with Gasteiger partial charge in [-0.05, 0) is 30.5 Å². The first-order valence-electron chi connectivity index (χ1n) is 16.1. The minimum Gasteiger partial charge on any atom is -0.460 e. The monoisotopic (exact) mass is 609 g/mol. The number of fused-ring (bicyclic) bond motifs is 2. The normalized spacial score (nSPS) is 21.3. The van der Waals surface area contributed by atoms with Gasteiger partial charge in [0.1, 0.15) is 18.0 Å². The van der Waals surface area contributed by atoms with Crippen LogP contribution in [0.5, 0.6) is 6.01 Å². The Labute approximate surface area is 266 Å². The summed E-state index contributed by atoms with van der Waals surface area (Å²) in [5, 5.41) is 2.45. The fraction of sp³-hybridized carbons (Fsp3) is 0.486. The molecule has 1 aliphatic carbocycles. The highest BCUT2D eigenvalue weighted by molar-refractivity contribution is 5.94. The number of ether oxygens (including phenoxy) is 2. The Morgan fingerprint density at radius 1 is 1.13 bits per heavy atom. The number of rotatable bonds is 11. The molecule has 236 valence electrons. The number of carbonyl (C=O) groups excluding carboxylic acids is 1. The van der Waals surface area contributed by atoms with Crippen LogP contribution in [0.2, 0.25) is 0 Å². The van der Waals surface area contributed by atoms with Gasteiger partial charge in [-0.2, -0.15) is 9.97 Å². The molecule has 6 rings (SSSR count). The van der Waals surface area contributed by atoms with E-state index in [9.17, 15) is 4.79 Å². The Balaban J connectivity index is 1.28. The number of benzene rings is 2. The highest BCUT2D eigenvalue weighted by Crippen LogP contribution is 2.36. The highest BCUT2D eigenvalue weighted by Gasteiger charge is 2.37. The van der Waals surface area contributed by atoms with Gasteiger partial charge in [0.05, 0.1) is 18.8 Å². The smallest absolute Gasteiger partial charge is 0.318 e. The predicted octanol–water partition coefficient (Wildman–Crippen LogP) is 4.19. The molecule has 0 bridgehead atoms. The maximum Gasteiger partial charge on any atom is 0.318 e. The van der Waals surface area contributed by atoms with Gasteiger partial charge in [-0.15, -0.1) is 0 Å². The van der Waals surface area contributed by atoms with Crippen LogP contribution in [0.3, 0.4) is 0 Å². The summed E-state index contributed by atoms with van der Waals surface area (Å²) in [4.78, 5) is 35.2. The van der Waals surface area contributed by atoms with E-state index in [1.165, 1.54) is 22.5 Å². The molecule has 1 saturated carbocycles. The summed E-state index contributed by atoms with van der Waals surface area (Å²) in [7, 11) is 1.74. The molecule has 10 heteroatoms. The SMILES string of the molecule is [C-]#[N+]C[C@H]1CN(c2nc(OC3CC(N(CC)CCOC)C3)nc3c2CCN(c2cccc4ccccc24)C3)CCN1C(=O)C=C. The summed E-state index contributed by atoms with van der Waals surface area (Å²) in [6, 6.07) is 15.6. The van der Waals surface area contributed by atoms with Crippen LogP contribution in [0.1, 0.15) is 31.0 Å². The number of methoxy groups -OCH3 is 1. The number of piperazine rings is 1. The largest absolute Gasteiger partial charge is 0.460 e. The van der Waals surface area contributed by atoms with Gasteiger partial charge in [0.2, 0.25) is 12.5 Å². The van der Waals surface area contributed by atoms with E-state index in [4.69, 9.17) is 26.0 Å². The Bertz CT molecular complexity index is 1560. The molecule has 10 nitrogen and oxygen atoms in total. The van der Waals surface area contributed by atoms with E-state index in [2.05, 4.69) is 75.5 Å². The van der Waals surface area contributed by atoms with E-state index in [1.807, 2.05) is 0 Å². The number of hydrogen-bond acceptors (Lipinski definition) is 8. The molecule has 0 unspecified atom stereocenters. The number of carbonyl (C=O) groups is 1. The van der Waals surface area contributed by atoms with Crippen molar-refractivity contribution in [2.75, 3.05) is 69.3 Å². The summed E-state index contributed by atoms with van der Waals surface area (Å²) in [6.45, 7) is 19.4. The number of likely N-dealkylation sites (N-methyl/N-ethyl adjacent to an activating group) is 1. The van der Waals surface area contributed by atoms with Crippen LogP contribution in [-0.4, -0.2) is 103 Å². The molecule has 1 saturated heterocycles. The minimum absolute atomic E-state index is 0.0622. The van der Waals surface area contributed by atoms with E-state index < -0.39 is 0 Å².